The monoisotopic (exact) mass is 322 g/mol. The summed E-state index contributed by atoms with van der Waals surface area (Å²) in [5.74, 6) is 0.146. The number of carbonyl (C=O) groups excluding carboxylic acids is 1. The molecule has 0 fully saturated rings. The molecular formula is C18H27ClN2O. The third-order valence-electron chi connectivity index (χ3n) is 5.00. The second-order valence-electron chi connectivity index (χ2n) is 6.24. The fourth-order valence-electron chi connectivity index (χ4n) is 3.80. The van der Waals surface area contributed by atoms with Gasteiger partial charge in [-0.15, -0.1) is 12.4 Å². The fraction of sp³-hybridized carbons (Fsp3) is 0.611. The Labute approximate surface area is 139 Å². The minimum absolute atomic E-state index is 0. The molecule has 3 nitrogen and oxygen atoms in total. The first-order valence-electron chi connectivity index (χ1n) is 8.41. The number of fused-ring (bicyclic) bond motifs is 2. The van der Waals surface area contributed by atoms with E-state index in [2.05, 4.69) is 30.1 Å². The summed E-state index contributed by atoms with van der Waals surface area (Å²) in [6.45, 7) is 6.57. The smallest absolute Gasteiger partial charge is 0.238 e. The first-order chi connectivity index (χ1) is 10.2. The third-order valence-corrected chi connectivity index (χ3v) is 5.00. The summed E-state index contributed by atoms with van der Waals surface area (Å²) in [6, 6.07) is 2.41. The largest absolute Gasteiger partial charge is 0.324 e. The number of halogens is 1. The molecular weight excluding hydrogens is 296 g/mol. The Balaban J connectivity index is 0.00000176. The van der Waals surface area contributed by atoms with Crippen molar-refractivity contribution >= 4 is 24.0 Å². The van der Waals surface area contributed by atoms with Crippen molar-refractivity contribution in [2.45, 2.75) is 52.4 Å². The van der Waals surface area contributed by atoms with E-state index in [1.54, 1.807) is 0 Å². The van der Waals surface area contributed by atoms with E-state index in [-0.39, 0.29) is 18.3 Å². The lowest BCUT2D eigenvalue weighted by Gasteiger charge is -2.20. The van der Waals surface area contributed by atoms with Gasteiger partial charge in [-0.1, -0.05) is 19.9 Å². The van der Waals surface area contributed by atoms with Crippen molar-refractivity contribution in [3.63, 3.8) is 0 Å². The third kappa shape index (κ3) is 3.31. The van der Waals surface area contributed by atoms with Crippen LogP contribution in [0.1, 0.15) is 48.9 Å². The number of anilines is 1. The Hall–Kier alpha value is -1.06. The molecule has 2 aliphatic rings. The van der Waals surface area contributed by atoms with Crippen LogP contribution in [0.5, 0.6) is 0 Å². The highest BCUT2D eigenvalue weighted by molar-refractivity contribution is 5.94. The highest BCUT2D eigenvalue weighted by Crippen LogP contribution is 2.38. The number of benzene rings is 1. The minimum Gasteiger partial charge on any atom is -0.324 e. The van der Waals surface area contributed by atoms with Crippen molar-refractivity contribution in [3.05, 3.63) is 28.3 Å². The van der Waals surface area contributed by atoms with E-state index >= 15 is 0 Å². The van der Waals surface area contributed by atoms with E-state index in [0.717, 1.165) is 25.9 Å². The number of rotatable bonds is 5. The lowest BCUT2D eigenvalue weighted by Crippen LogP contribution is -2.33. The number of aryl methyl sites for hydroxylation is 2. The summed E-state index contributed by atoms with van der Waals surface area (Å²) in [5, 5.41) is 3.26. The normalized spacial score (nSPS) is 15.4. The molecule has 0 saturated carbocycles. The first-order valence-corrected chi connectivity index (χ1v) is 8.41. The zero-order valence-corrected chi connectivity index (χ0v) is 14.5. The van der Waals surface area contributed by atoms with Crippen molar-refractivity contribution in [2.24, 2.45) is 0 Å². The molecule has 0 spiro atoms. The SMILES string of the molecule is CCN(CC)CC(=O)Nc1c2c(cc3c1CCC3)CCC2.Cl. The summed E-state index contributed by atoms with van der Waals surface area (Å²) in [7, 11) is 0. The van der Waals surface area contributed by atoms with Crippen LogP contribution in [-0.4, -0.2) is 30.4 Å². The molecule has 0 heterocycles. The minimum atomic E-state index is 0. The summed E-state index contributed by atoms with van der Waals surface area (Å²) in [6.07, 6.45) is 7.09. The first kappa shape index (κ1) is 17.3. The molecule has 0 bridgehead atoms. The van der Waals surface area contributed by atoms with Gasteiger partial charge in [-0.25, -0.2) is 0 Å². The van der Waals surface area contributed by atoms with Crippen LogP contribution in [0, 0.1) is 0 Å². The lowest BCUT2D eigenvalue weighted by atomic mass is 9.98. The van der Waals surface area contributed by atoms with Crippen molar-refractivity contribution in [2.75, 3.05) is 25.0 Å². The molecule has 1 aromatic rings. The van der Waals surface area contributed by atoms with Gasteiger partial charge in [-0.05, 0) is 73.9 Å². The number of hydrogen-bond acceptors (Lipinski definition) is 2. The maximum Gasteiger partial charge on any atom is 0.238 e. The standard InChI is InChI=1S/C18H26N2O.ClH/c1-3-20(4-2)12-17(21)19-18-15-9-5-7-13(15)11-14-8-6-10-16(14)18;/h11H,3-10,12H2,1-2H3,(H,19,21);1H. The van der Waals surface area contributed by atoms with Gasteiger partial charge < -0.3 is 5.32 Å². The van der Waals surface area contributed by atoms with Crippen molar-refractivity contribution < 1.29 is 4.79 Å². The molecule has 0 atom stereocenters. The molecule has 0 unspecified atom stereocenters. The van der Waals surface area contributed by atoms with E-state index in [1.807, 2.05) is 0 Å². The van der Waals surface area contributed by atoms with Gasteiger partial charge in [0.25, 0.3) is 0 Å². The second-order valence-corrected chi connectivity index (χ2v) is 6.24. The number of hydrogen-bond donors (Lipinski definition) is 1. The molecule has 1 amide bonds. The maximum absolute atomic E-state index is 12.4. The van der Waals surface area contributed by atoms with E-state index in [9.17, 15) is 4.79 Å². The Morgan fingerprint density at radius 1 is 1.05 bits per heavy atom. The quantitative estimate of drug-likeness (QED) is 0.901. The van der Waals surface area contributed by atoms with Gasteiger partial charge in [0.2, 0.25) is 5.91 Å². The molecule has 0 radical (unpaired) electrons. The molecule has 0 saturated heterocycles. The number of carbonyl (C=O) groups is 1. The predicted octanol–water partition coefficient (Wildman–Crippen LogP) is 3.37. The molecule has 0 aromatic heterocycles. The molecule has 1 N–H and O–H groups in total. The van der Waals surface area contributed by atoms with Crippen LogP contribution in [0.4, 0.5) is 5.69 Å². The van der Waals surface area contributed by atoms with E-state index < -0.39 is 0 Å². The van der Waals surface area contributed by atoms with Crippen LogP contribution in [0.3, 0.4) is 0 Å². The Morgan fingerprint density at radius 2 is 1.59 bits per heavy atom. The molecule has 1 aromatic carbocycles. The van der Waals surface area contributed by atoms with Gasteiger partial charge in [0.1, 0.15) is 0 Å². The van der Waals surface area contributed by atoms with Crippen LogP contribution in [0.15, 0.2) is 6.07 Å². The van der Waals surface area contributed by atoms with Gasteiger partial charge in [-0.2, -0.15) is 0 Å². The van der Waals surface area contributed by atoms with Crippen LogP contribution >= 0.6 is 12.4 Å². The summed E-state index contributed by atoms with van der Waals surface area (Å²) in [5.41, 5.74) is 6.98. The second kappa shape index (κ2) is 7.47. The molecule has 3 rings (SSSR count). The molecule has 0 aliphatic heterocycles. The Morgan fingerprint density at radius 3 is 2.09 bits per heavy atom. The molecule has 22 heavy (non-hydrogen) atoms. The topological polar surface area (TPSA) is 32.3 Å². The van der Waals surface area contributed by atoms with Gasteiger partial charge in [0.15, 0.2) is 0 Å². The van der Waals surface area contributed by atoms with Gasteiger partial charge in [0, 0.05) is 5.69 Å². The van der Waals surface area contributed by atoms with E-state index in [4.69, 9.17) is 0 Å². The van der Waals surface area contributed by atoms with Gasteiger partial charge >= 0.3 is 0 Å². The number of likely N-dealkylation sites (N-methyl/N-ethyl adjacent to an activating group) is 1. The van der Waals surface area contributed by atoms with Gasteiger partial charge in [-0.3, -0.25) is 9.69 Å². The predicted molar refractivity (Wildman–Crippen MR) is 94.2 cm³/mol. The molecule has 2 aliphatic carbocycles. The average molecular weight is 323 g/mol. The van der Waals surface area contributed by atoms with Crippen LogP contribution in [-0.2, 0) is 30.5 Å². The Bertz CT molecular complexity index is 520. The van der Waals surface area contributed by atoms with Crippen LogP contribution in [0.25, 0.3) is 0 Å². The van der Waals surface area contributed by atoms with E-state index in [1.165, 1.54) is 53.6 Å². The molecule has 4 heteroatoms. The fourth-order valence-corrected chi connectivity index (χ4v) is 3.80. The Kier molecular flexibility index (Phi) is 5.87. The molecule has 122 valence electrons. The summed E-state index contributed by atoms with van der Waals surface area (Å²) < 4.78 is 0. The number of amides is 1. The zero-order chi connectivity index (χ0) is 14.8. The average Bonchev–Trinajstić information content (AvgIpc) is 3.12. The van der Waals surface area contributed by atoms with Crippen molar-refractivity contribution in [1.82, 2.24) is 4.90 Å². The van der Waals surface area contributed by atoms with Crippen molar-refractivity contribution in [3.8, 4) is 0 Å². The number of nitrogens with one attached hydrogen (secondary N) is 1. The van der Waals surface area contributed by atoms with Crippen LogP contribution < -0.4 is 5.32 Å². The summed E-state index contributed by atoms with van der Waals surface area (Å²) >= 11 is 0. The highest BCUT2D eigenvalue weighted by atomic mass is 35.5. The highest BCUT2D eigenvalue weighted by Gasteiger charge is 2.25. The zero-order valence-electron chi connectivity index (χ0n) is 13.7. The van der Waals surface area contributed by atoms with Crippen LogP contribution in [0.2, 0.25) is 0 Å². The van der Waals surface area contributed by atoms with Crippen molar-refractivity contribution in [1.29, 1.82) is 0 Å². The maximum atomic E-state index is 12.4. The van der Waals surface area contributed by atoms with Gasteiger partial charge in [0.05, 0.1) is 6.54 Å². The summed E-state index contributed by atoms with van der Waals surface area (Å²) in [4.78, 5) is 14.6. The number of nitrogens with zero attached hydrogens (tertiary/aromatic N) is 1. The lowest BCUT2D eigenvalue weighted by molar-refractivity contribution is -0.117. The van der Waals surface area contributed by atoms with E-state index in [0.29, 0.717) is 6.54 Å².